The lowest BCUT2D eigenvalue weighted by atomic mass is 9.73. The average Bonchev–Trinajstić information content (AvgIpc) is 2.15. The molecular formula is C16H33N. The van der Waals surface area contributed by atoms with Crippen LogP contribution in [0.2, 0.25) is 0 Å². The van der Waals surface area contributed by atoms with Gasteiger partial charge >= 0.3 is 0 Å². The molecule has 1 heteroatoms. The number of rotatable bonds is 5. The molecule has 1 N–H and O–H groups in total. The summed E-state index contributed by atoms with van der Waals surface area (Å²) >= 11 is 0. The maximum Gasteiger partial charge on any atom is 0.0103 e. The molecule has 1 saturated carbocycles. The molecule has 1 nitrogen and oxygen atoms in total. The van der Waals surface area contributed by atoms with Gasteiger partial charge in [-0.1, -0.05) is 41.0 Å². The zero-order valence-corrected chi connectivity index (χ0v) is 12.8. The zero-order valence-electron chi connectivity index (χ0n) is 12.8. The molecule has 1 aliphatic rings. The van der Waals surface area contributed by atoms with Gasteiger partial charge in [0.1, 0.15) is 0 Å². The van der Waals surface area contributed by atoms with Crippen LogP contribution in [0.15, 0.2) is 0 Å². The lowest BCUT2D eigenvalue weighted by Crippen LogP contribution is -2.46. The van der Waals surface area contributed by atoms with Crippen molar-refractivity contribution in [2.45, 2.75) is 79.3 Å². The van der Waals surface area contributed by atoms with Gasteiger partial charge in [0, 0.05) is 12.1 Å². The van der Waals surface area contributed by atoms with Crippen molar-refractivity contribution in [2.24, 2.45) is 23.7 Å². The largest absolute Gasteiger partial charge is 0.311 e. The molecule has 0 radical (unpaired) electrons. The van der Waals surface area contributed by atoms with E-state index in [2.05, 4.69) is 46.9 Å². The highest BCUT2D eigenvalue weighted by molar-refractivity contribution is 4.87. The quantitative estimate of drug-likeness (QED) is 0.746. The highest BCUT2D eigenvalue weighted by Gasteiger charge is 2.31. The van der Waals surface area contributed by atoms with Crippen LogP contribution in [0.3, 0.4) is 0 Å². The topological polar surface area (TPSA) is 12.0 Å². The van der Waals surface area contributed by atoms with Gasteiger partial charge in [-0.3, -0.25) is 0 Å². The molecule has 0 aliphatic heterocycles. The molecule has 0 amide bonds. The van der Waals surface area contributed by atoms with Crippen molar-refractivity contribution >= 4 is 0 Å². The molecule has 17 heavy (non-hydrogen) atoms. The van der Waals surface area contributed by atoms with Crippen molar-refractivity contribution in [3.63, 3.8) is 0 Å². The van der Waals surface area contributed by atoms with E-state index in [-0.39, 0.29) is 0 Å². The second-order valence-electron chi connectivity index (χ2n) is 7.13. The summed E-state index contributed by atoms with van der Waals surface area (Å²) in [7, 11) is 0. The Hall–Kier alpha value is -0.0400. The van der Waals surface area contributed by atoms with E-state index in [0.717, 1.165) is 29.7 Å². The lowest BCUT2D eigenvalue weighted by molar-refractivity contribution is 0.157. The summed E-state index contributed by atoms with van der Waals surface area (Å²) in [6.45, 7) is 14.2. The molecule has 0 aromatic heterocycles. The second-order valence-corrected chi connectivity index (χ2v) is 7.13. The smallest absolute Gasteiger partial charge is 0.0103 e. The van der Waals surface area contributed by atoms with Crippen LogP contribution in [0.4, 0.5) is 0 Å². The van der Waals surface area contributed by atoms with Crippen molar-refractivity contribution < 1.29 is 0 Å². The Balaban J connectivity index is 2.51. The normalized spacial score (nSPS) is 32.1. The summed E-state index contributed by atoms with van der Waals surface area (Å²) in [5, 5.41) is 3.91. The summed E-state index contributed by atoms with van der Waals surface area (Å²) in [5.74, 6) is 3.43. The van der Waals surface area contributed by atoms with Gasteiger partial charge in [-0.2, -0.15) is 0 Å². The molecule has 0 spiro atoms. The first-order chi connectivity index (χ1) is 7.90. The molecular weight excluding hydrogens is 206 g/mol. The van der Waals surface area contributed by atoms with Gasteiger partial charge in [0.15, 0.2) is 0 Å². The molecule has 0 bridgehead atoms. The Bertz CT molecular complexity index is 210. The van der Waals surface area contributed by atoms with Crippen LogP contribution in [-0.4, -0.2) is 12.1 Å². The molecule has 4 atom stereocenters. The Labute approximate surface area is 109 Å². The van der Waals surface area contributed by atoms with Gasteiger partial charge < -0.3 is 5.32 Å². The summed E-state index contributed by atoms with van der Waals surface area (Å²) in [4.78, 5) is 0. The first-order valence-corrected chi connectivity index (χ1v) is 7.66. The van der Waals surface area contributed by atoms with Crippen LogP contribution >= 0.6 is 0 Å². The highest BCUT2D eigenvalue weighted by atomic mass is 15.0. The molecule has 0 heterocycles. The van der Waals surface area contributed by atoms with Gasteiger partial charge in [0.2, 0.25) is 0 Å². The van der Waals surface area contributed by atoms with Crippen molar-refractivity contribution in [3.8, 4) is 0 Å². The molecule has 102 valence electrons. The van der Waals surface area contributed by atoms with Crippen molar-refractivity contribution in [2.75, 3.05) is 0 Å². The summed E-state index contributed by atoms with van der Waals surface area (Å²) in [6.07, 6.45) is 5.53. The first-order valence-electron chi connectivity index (χ1n) is 7.66. The van der Waals surface area contributed by atoms with Crippen LogP contribution < -0.4 is 5.32 Å². The average molecular weight is 239 g/mol. The van der Waals surface area contributed by atoms with E-state index in [1.54, 1.807) is 0 Å². The molecule has 4 unspecified atom stereocenters. The highest BCUT2D eigenvalue weighted by Crippen LogP contribution is 2.33. The molecule has 0 saturated heterocycles. The number of nitrogens with one attached hydrogen (secondary N) is 1. The van der Waals surface area contributed by atoms with Gasteiger partial charge in [-0.25, -0.2) is 0 Å². The Morgan fingerprint density at radius 1 is 1.06 bits per heavy atom. The predicted molar refractivity (Wildman–Crippen MR) is 77.2 cm³/mol. The SMILES string of the molecule is CC(C)CC(C)NC1CC(C)CCC1C(C)C. The van der Waals surface area contributed by atoms with Crippen LogP contribution in [0.1, 0.15) is 67.2 Å². The van der Waals surface area contributed by atoms with Crippen LogP contribution in [0.5, 0.6) is 0 Å². The molecule has 0 aromatic carbocycles. The Morgan fingerprint density at radius 3 is 2.24 bits per heavy atom. The molecule has 1 fully saturated rings. The minimum absolute atomic E-state index is 0.673. The van der Waals surface area contributed by atoms with E-state index < -0.39 is 0 Å². The molecule has 1 aliphatic carbocycles. The fourth-order valence-corrected chi connectivity index (χ4v) is 3.53. The summed E-state index contributed by atoms with van der Waals surface area (Å²) < 4.78 is 0. The Morgan fingerprint density at radius 2 is 1.71 bits per heavy atom. The minimum Gasteiger partial charge on any atom is -0.311 e. The van der Waals surface area contributed by atoms with Crippen molar-refractivity contribution in [3.05, 3.63) is 0 Å². The maximum atomic E-state index is 3.91. The fourth-order valence-electron chi connectivity index (χ4n) is 3.53. The lowest BCUT2D eigenvalue weighted by Gasteiger charge is -2.39. The standard InChI is InChI=1S/C16H33N/c1-11(2)9-14(6)17-16-10-13(5)7-8-15(16)12(3)4/h11-17H,7-10H2,1-6H3. The zero-order chi connectivity index (χ0) is 13.0. The van der Waals surface area contributed by atoms with Gasteiger partial charge in [-0.15, -0.1) is 0 Å². The first kappa shape index (κ1) is 15.0. The summed E-state index contributed by atoms with van der Waals surface area (Å²) in [5.41, 5.74) is 0. The number of hydrogen-bond donors (Lipinski definition) is 1. The third-order valence-corrected chi connectivity index (χ3v) is 4.35. The van der Waals surface area contributed by atoms with E-state index >= 15 is 0 Å². The van der Waals surface area contributed by atoms with Gasteiger partial charge in [0.25, 0.3) is 0 Å². The van der Waals surface area contributed by atoms with E-state index in [9.17, 15) is 0 Å². The third kappa shape index (κ3) is 4.99. The van der Waals surface area contributed by atoms with Crippen LogP contribution in [0, 0.1) is 23.7 Å². The van der Waals surface area contributed by atoms with Crippen molar-refractivity contribution in [1.82, 2.24) is 5.32 Å². The van der Waals surface area contributed by atoms with E-state index in [4.69, 9.17) is 0 Å². The second kappa shape index (κ2) is 6.78. The maximum absolute atomic E-state index is 3.91. The van der Waals surface area contributed by atoms with E-state index in [1.807, 2.05) is 0 Å². The van der Waals surface area contributed by atoms with Crippen LogP contribution in [-0.2, 0) is 0 Å². The van der Waals surface area contributed by atoms with Crippen LogP contribution in [0.25, 0.3) is 0 Å². The minimum atomic E-state index is 0.673. The van der Waals surface area contributed by atoms with E-state index in [1.165, 1.54) is 25.7 Å². The van der Waals surface area contributed by atoms with Gasteiger partial charge in [-0.05, 0) is 49.9 Å². The van der Waals surface area contributed by atoms with Crippen molar-refractivity contribution in [1.29, 1.82) is 0 Å². The number of hydrogen-bond acceptors (Lipinski definition) is 1. The Kier molecular flexibility index (Phi) is 5.99. The van der Waals surface area contributed by atoms with Gasteiger partial charge in [0.05, 0.1) is 0 Å². The molecule has 1 rings (SSSR count). The molecule has 0 aromatic rings. The fraction of sp³-hybridized carbons (Fsp3) is 1.00. The predicted octanol–water partition coefficient (Wildman–Crippen LogP) is 4.47. The summed E-state index contributed by atoms with van der Waals surface area (Å²) in [6, 6.07) is 1.43. The van der Waals surface area contributed by atoms with E-state index in [0.29, 0.717) is 6.04 Å². The third-order valence-electron chi connectivity index (χ3n) is 4.35. The monoisotopic (exact) mass is 239 g/mol.